The summed E-state index contributed by atoms with van der Waals surface area (Å²) in [6.45, 7) is 0. The second-order valence-corrected chi connectivity index (χ2v) is 5.62. The number of benzene rings is 1. The molecular formula is C15H14BrFN2. The van der Waals surface area contributed by atoms with Crippen LogP contribution < -0.4 is 5.32 Å². The number of rotatable bonds is 3. The van der Waals surface area contributed by atoms with E-state index in [1.807, 2.05) is 24.3 Å². The van der Waals surface area contributed by atoms with Crippen LogP contribution in [0.15, 0.2) is 47.2 Å². The molecule has 0 bridgehead atoms. The normalized spacial score (nSPS) is 21.8. The number of pyridine rings is 1. The Morgan fingerprint density at radius 1 is 1.16 bits per heavy atom. The molecule has 0 saturated heterocycles. The SMILES string of the molecule is Fc1ccccc1C1CC(Nc2cccnc2Br)C1. The van der Waals surface area contributed by atoms with Gasteiger partial charge in [0, 0.05) is 12.2 Å². The fourth-order valence-electron chi connectivity index (χ4n) is 2.51. The molecule has 0 unspecified atom stereocenters. The molecule has 1 aliphatic rings. The van der Waals surface area contributed by atoms with E-state index >= 15 is 0 Å². The number of anilines is 1. The molecule has 1 saturated carbocycles. The third-order valence-electron chi connectivity index (χ3n) is 3.60. The number of nitrogens with zero attached hydrogens (tertiary/aromatic N) is 1. The van der Waals surface area contributed by atoms with E-state index in [9.17, 15) is 4.39 Å². The van der Waals surface area contributed by atoms with E-state index in [0.717, 1.165) is 28.7 Å². The lowest BCUT2D eigenvalue weighted by molar-refractivity contribution is 0.363. The smallest absolute Gasteiger partial charge is 0.129 e. The van der Waals surface area contributed by atoms with Crippen LogP contribution in [0.25, 0.3) is 0 Å². The minimum Gasteiger partial charge on any atom is -0.380 e. The fraction of sp³-hybridized carbons (Fsp3) is 0.267. The summed E-state index contributed by atoms with van der Waals surface area (Å²) < 4.78 is 14.5. The zero-order valence-corrected chi connectivity index (χ0v) is 11.9. The highest BCUT2D eigenvalue weighted by Gasteiger charge is 2.32. The summed E-state index contributed by atoms with van der Waals surface area (Å²) in [6.07, 6.45) is 3.67. The van der Waals surface area contributed by atoms with Crippen LogP contribution in [0.4, 0.5) is 10.1 Å². The Labute approximate surface area is 120 Å². The maximum atomic E-state index is 13.6. The van der Waals surface area contributed by atoms with E-state index in [2.05, 4.69) is 26.2 Å². The second-order valence-electron chi connectivity index (χ2n) is 4.87. The first kappa shape index (κ1) is 12.6. The molecule has 0 atom stereocenters. The Kier molecular flexibility index (Phi) is 3.51. The molecule has 0 spiro atoms. The summed E-state index contributed by atoms with van der Waals surface area (Å²) in [5, 5.41) is 3.43. The zero-order valence-electron chi connectivity index (χ0n) is 10.3. The zero-order chi connectivity index (χ0) is 13.2. The van der Waals surface area contributed by atoms with Crippen LogP contribution in [-0.2, 0) is 0 Å². The molecule has 98 valence electrons. The Hall–Kier alpha value is -1.42. The van der Waals surface area contributed by atoms with E-state index in [-0.39, 0.29) is 5.82 Å². The molecule has 2 aromatic rings. The number of aromatic nitrogens is 1. The number of hydrogen-bond acceptors (Lipinski definition) is 2. The van der Waals surface area contributed by atoms with Crippen LogP contribution in [-0.4, -0.2) is 11.0 Å². The van der Waals surface area contributed by atoms with Gasteiger partial charge >= 0.3 is 0 Å². The van der Waals surface area contributed by atoms with E-state index in [4.69, 9.17) is 0 Å². The topological polar surface area (TPSA) is 24.9 Å². The van der Waals surface area contributed by atoms with Crippen molar-refractivity contribution in [1.29, 1.82) is 0 Å². The predicted octanol–water partition coefficient (Wildman–Crippen LogP) is 4.34. The van der Waals surface area contributed by atoms with Gasteiger partial charge in [-0.1, -0.05) is 18.2 Å². The van der Waals surface area contributed by atoms with Crippen LogP contribution >= 0.6 is 15.9 Å². The molecule has 0 aliphatic heterocycles. The van der Waals surface area contributed by atoms with Crippen LogP contribution in [0.1, 0.15) is 24.3 Å². The van der Waals surface area contributed by atoms with Crippen molar-refractivity contribution in [1.82, 2.24) is 4.98 Å². The van der Waals surface area contributed by atoms with Gasteiger partial charge in [-0.25, -0.2) is 9.37 Å². The van der Waals surface area contributed by atoms with Crippen LogP contribution in [0.2, 0.25) is 0 Å². The van der Waals surface area contributed by atoms with Gasteiger partial charge < -0.3 is 5.32 Å². The quantitative estimate of drug-likeness (QED) is 0.851. The van der Waals surface area contributed by atoms with Crippen molar-refractivity contribution in [2.24, 2.45) is 0 Å². The summed E-state index contributed by atoms with van der Waals surface area (Å²) >= 11 is 3.42. The molecule has 0 radical (unpaired) electrons. The maximum Gasteiger partial charge on any atom is 0.129 e. The highest BCUT2D eigenvalue weighted by Crippen LogP contribution is 2.40. The van der Waals surface area contributed by atoms with Gasteiger partial charge in [-0.2, -0.15) is 0 Å². The fourth-order valence-corrected chi connectivity index (χ4v) is 2.87. The van der Waals surface area contributed by atoms with Crippen LogP contribution in [0, 0.1) is 5.82 Å². The monoisotopic (exact) mass is 320 g/mol. The molecule has 1 aromatic carbocycles. The molecule has 1 aliphatic carbocycles. The largest absolute Gasteiger partial charge is 0.380 e. The summed E-state index contributed by atoms with van der Waals surface area (Å²) in [7, 11) is 0. The Bertz CT molecular complexity index is 582. The van der Waals surface area contributed by atoms with E-state index < -0.39 is 0 Å². The average Bonchev–Trinajstić information content (AvgIpc) is 2.37. The van der Waals surface area contributed by atoms with E-state index in [1.54, 1.807) is 12.3 Å². The number of hydrogen-bond donors (Lipinski definition) is 1. The molecule has 19 heavy (non-hydrogen) atoms. The third-order valence-corrected chi connectivity index (χ3v) is 4.23. The van der Waals surface area contributed by atoms with Crippen LogP contribution in [0.5, 0.6) is 0 Å². The molecule has 3 rings (SSSR count). The van der Waals surface area contributed by atoms with Crippen molar-refractivity contribution < 1.29 is 4.39 Å². The standard InChI is InChI=1S/C15H14BrFN2/c16-15-14(6-3-7-18-15)19-11-8-10(9-11)12-4-1-2-5-13(12)17/h1-7,10-11,19H,8-9H2. The minimum absolute atomic E-state index is 0.0893. The summed E-state index contributed by atoms with van der Waals surface area (Å²) in [5.74, 6) is 0.239. The first-order valence-corrected chi connectivity index (χ1v) is 7.15. The Balaban J connectivity index is 1.62. The lowest BCUT2D eigenvalue weighted by atomic mass is 9.75. The molecule has 4 heteroatoms. The highest BCUT2D eigenvalue weighted by molar-refractivity contribution is 9.10. The molecule has 2 nitrogen and oxygen atoms in total. The van der Waals surface area contributed by atoms with Crippen molar-refractivity contribution in [2.45, 2.75) is 24.8 Å². The van der Waals surface area contributed by atoms with Gasteiger partial charge in [-0.3, -0.25) is 0 Å². The lowest BCUT2D eigenvalue weighted by Crippen LogP contribution is -2.34. The first-order chi connectivity index (χ1) is 9.24. The van der Waals surface area contributed by atoms with Gasteiger partial charge in [0.25, 0.3) is 0 Å². The van der Waals surface area contributed by atoms with Gasteiger partial charge in [0.15, 0.2) is 0 Å². The summed E-state index contributed by atoms with van der Waals surface area (Å²) in [4.78, 5) is 4.18. The van der Waals surface area contributed by atoms with Gasteiger partial charge in [0.1, 0.15) is 10.4 Å². The number of nitrogens with one attached hydrogen (secondary N) is 1. The number of halogens is 2. The van der Waals surface area contributed by atoms with Gasteiger partial charge in [0.2, 0.25) is 0 Å². The lowest BCUT2D eigenvalue weighted by Gasteiger charge is -2.37. The predicted molar refractivity (Wildman–Crippen MR) is 77.7 cm³/mol. The van der Waals surface area contributed by atoms with Crippen molar-refractivity contribution in [3.63, 3.8) is 0 Å². The van der Waals surface area contributed by atoms with E-state index in [0.29, 0.717) is 12.0 Å². The van der Waals surface area contributed by atoms with Gasteiger partial charge in [0.05, 0.1) is 5.69 Å². The van der Waals surface area contributed by atoms with Crippen molar-refractivity contribution in [2.75, 3.05) is 5.32 Å². The summed E-state index contributed by atoms with van der Waals surface area (Å²) in [5.41, 5.74) is 1.84. The Morgan fingerprint density at radius 2 is 1.95 bits per heavy atom. The molecule has 1 N–H and O–H groups in total. The van der Waals surface area contributed by atoms with Crippen LogP contribution in [0.3, 0.4) is 0 Å². The maximum absolute atomic E-state index is 13.6. The summed E-state index contributed by atoms with van der Waals surface area (Å²) in [6, 6.07) is 11.3. The molecule has 1 heterocycles. The second kappa shape index (κ2) is 5.29. The highest BCUT2D eigenvalue weighted by atomic mass is 79.9. The molecule has 0 amide bonds. The minimum atomic E-state index is -0.0893. The van der Waals surface area contributed by atoms with Gasteiger partial charge in [-0.15, -0.1) is 0 Å². The molecular weight excluding hydrogens is 307 g/mol. The van der Waals surface area contributed by atoms with Crippen molar-refractivity contribution in [3.8, 4) is 0 Å². The van der Waals surface area contributed by atoms with E-state index in [1.165, 1.54) is 6.07 Å². The molecule has 1 aromatic heterocycles. The first-order valence-electron chi connectivity index (χ1n) is 6.35. The molecule has 1 fully saturated rings. The Morgan fingerprint density at radius 3 is 2.68 bits per heavy atom. The third kappa shape index (κ3) is 2.63. The van der Waals surface area contributed by atoms with Crippen molar-refractivity contribution >= 4 is 21.6 Å². The van der Waals surface area contributed by atoms with Gasteiger partial charge in [-0.05, 0) is 58.5 Å². The van der Waals surface area contributed by atoms with Crippen molar-refractivity contribution in [3.05, 3.63) is 58.6 Å². The average molecular weight is 321 g/mol.